The summed E-state index contributed by atoms with van der Waals surface area (Å²) in [6, 6.07) is 0.265. The Morgan fingerprint density at radius 2 is 1.95 bits per heavy atom. The van der Waals surface area contributed by atoms with E-state index in [1.807, 2.05) is 11.8 Å². The van der Waals surface area contributed by atoms with Gasteiger partial charge in [-0.15, -0.1) is 12.4 Å². The van der Waals surface area contributed by atoms with Gasteiger partial charge in [0.15, 0.2) is 0 Å². The summed E-state index contributed by atoms with van der Waals surface area (Å²) in [4.78, 5) is 14.7. The summed E-state index contributed by atoms with van der Waals surface area (Å²) in [5, 5.41) is 13.0. The maximum absolute atomic E-state index is 12.6. The van der Waals surface area contributed by atoms with Crippen LogP contribution >= 0.6 is 12.4 Å². The molecule has 4 atom stereocenters. The van der Waals surface area contributed by atoms with E-state index in [2.05, 4.69) is 5.32 Å². The summed E-state index contributed by atoms with van der Waals surface area (Å²) >= 11 is 0. The molecule has 3 aliphatic heterocycles. The highest BCUT2D eigenvalue weighted by Gasteiger charge is 2.45. The van der Waals surface area contributed by atoms with E-state index in [0.29, 0.717) is 6.61 Å². The Morgan fingerprint density at radius 3 is 2.53 bits per heavy atom. The van der Waals surface area contributed by atoms with E-state index in [-0.39, 0.29) is 48.6 Å². The molecule has 3 rings (SSSR count). The number of ether oxygens (including phenoxy) is 1. The van der Waals surface area contributed by atoms with E-state index in [9.17, 15) is 9.90 Å². The van der Waals surface area contributed by atoms with Gasteiger partial charge in [-0.2, -0.15) is 0 Å². The van der Waals surface area contributed by atoms with Gasteiger partial charge in [-0.3, -0.25) is 4.79 Å². The number of morpholine rings is 1. The zero-order chi connectivity index (χ0) is 12.7. The van der Waals surface area contributed by atoms with Crippen molar-refractivity contribution in [2.75, 3.05) is 13.2 Å². The van der Waals surface area contributed by atoms with Crippen LogP contribution in [0, 0.1) is 0 Å². The van der Waals surface area contributed by atoms with Gasteiger partial charge in [0.25, 0.3) is 0 Å². The lowest BCUT2D eigenvalue weighted by molar-refractivity contribution is -0.145. The molecule has 110 valence electrons. The van der Waals surface area contributed by atoms with E-state index in [1.165, 1.54) is 0 Å². The van der Waals surface area contributed by atoms with Crippen molar-refractivity contribution in [2.24, 2.45) is 0 Å². The second-order valence-corrected chi connectivity index (χ2v) is 5.76. The molecule has 0 aromatic heterocycles. The van der Waals surface area contributed by atoms with Crippen LogP contribution in [-0.2, 0) is 9.53 Å². The van der Waals surface area contributed by atoms with Crippen LogP contribution in [0.4, 0.5) is 0 Å². The fraction of sp³-hybridized carbons (Fsp3) is 0.923. The highest BCUT2D eigenvalue weighted by molar-refractivity contribution is 5.85. The molecule has 2 unspecified atom stereocenters. The number of hydrogen-bond acceptors (Lipinski definition) is 4. The van der Waals surface area contributed by atoms with Crippen LogP contribution in [0.25, 0.3) is 0 Å². The summed E-state index contributed by atoms with van der Waals surface area (Å²) in [7, 11) is 0. The first-order valence-corrected chi connectivity index (χ1v) is 7.02. The molecular formula is C13H23ClN2O3. The molecule has 0 spiro atoms. The predicted molar refractivity (Wildman–Crippen MR) is 73.3 cm³/mol. The number of nitrogens with zero attached hydrogens (tertiary/aromatic N) is 1. The molecule has 3 aliphatic rings. The molecule has 0 aromatic carbocycles. The Labute approximate surface area is 120 Å². The number of hydrogen-bond donors (Lipinski definition) is 2. The first-order valence-electron chi connectivity index (χ1n) is 7.02. The van der Waals surface area contributed by atoms with Gasteiger partial charge in [-0.05, 0) is 32.6 Å². The number of carbonyl (C=O) groups is 1. The molecule has 6 heteroatoms. The number of aliphatic hydroxyl groups is 1. The molecule has 1 amide bonds. The standard InChI is InChI=1S/C13H22N2O3.ClH/c1-8-12(14-4-5-18-8)13(17)15-9-2-3-10(15)7-11(16)6-9;/h8-12,14,16H,2-7H2,1H3;1H/t8-,9?,10?,11?,12+;/m1./s1. The number of halogens is 1. The van der Waals surface area contributed by atoms with E-state index < -0.39 is 0 Å². The average molecular weight is 291 g/mol. The highest BCUT2D eigenvalue weighted by Crippen LogP contribution is 2.36. The molecule has 5 nitrogen and oxygen atoms in total. The van der Waals surface area contributed by atoms with Crippen LogP contribution in [0.5, 0.6) is 0 Å². The molecule has 19 heavy (non-hydrogen) atoms. The third-order valence-electron chi connectivity index (χ3n) is 4.55. The minimum absolute atomic E-state index is 0. The number of fused-ring (bicyclic) bond motifs is 2. The van der Waals surface area contributed by atoms with Crippen molar-refractivity contribution in [3.05, 3.63) is 0 Å². The molecule has 2 bridgehead atoms. The molecular weight excluding hydrogens is 268 g/mol. The Bertz CT molecular complexity index is 328. The van der Waals surface area contributed by atoms with Gasteiger partial charge in [-0.1, -0.05) is 0 Å². The van der Waals surface area contributed by atoms with Crippen LogP contribution in [0.1, 0.15) is 32.6 Å². The zero-order valence-electron chi connectivity index (χ0n) is 11.2. The lowest BCUT2D eigenvalue weighted by atomic mass is 9.97. The quantitative estimate of drug-likeness (QED) is 0.729. The fourth-order valence-corrected chi connectivity index (χ4v) is 3.68. The normalized spacial score (nSPS) is 41.8. The average Bonchev–Trinajstić information content (AvgIpc) is 2.61. The van der Waals surface area contributed by atoms with Gasteiger partial charge in [-0.25, -0.2) is 0 Å². The lowest BCUT2D eigenvalue weighted by Gasteiger charge is -2.41. The lowest BCUT2D eigenvalue weighted by Crippen LogP contribution is -2.60. The topological polar surface area (TPSA) is 61.8 Å². The third kappa shape index (κ3) is 2.75. The molecule has 0 aromatic rings. The summed E-state index contributed by atoms with van der Waals surface area (Å²) in [6.07, 6.45) is 3.27. The SMILES string of the molecule is C[C@H]1OCCN[C@@H]1C(=O)N1C2CCC1CC(O)C2.Cl. The van der Waals surface area contributed by atoms with Crippen LogP contribution < -0.4 is 5.32 Å². The van der Waals surface area contributed by atoms with E-state index in [0.717, 1.165) is 32.2 Å². The van der Waals surface area contributed by atoms with Crippen molar-refractivity contribution in [1.29, 1.82) is 0 Å². The maximum Gasteiger partial charge on any atom is 0.242 e. The van der Waals surface area contributed by atoms with Gasteiger partial charge >= 0.3 is 0 Å². The minimum Gasteiger partial charge on any atom is -0.393 e. The summed E-state index contributed by atoms with van der Waals surface area (Å²) < 4.78 is 5.56. The van der Waals surface area contributed by atoms with Gasteiger partial charge in [0.2, 0.25) is 5.91 Å². The van der Waals surface area contributed by atoms with Crippen molar-refractivity contribution >= 4 is 18.3 Å². The van der Waals surface area contributed by atoms with Crippen LogP contribution in [0.3, 0.4) is 0 Å². The van der Waals surface area contributed by atoms with Crippen molar-refractivity contribution in [3.63, 3.8) is 0 Å². The highest BCUT2D eigenvalue weighted by atomic mass is 35.5. The largest absolute Gasteiger partial charge is 0.393 e. The summed E-state index contributed by atoms with van der Waals surface area (Å²) in [5.74, 6) is 0.168. The van der Waals surface area contributed by atoms with Crippen LogP contribution in [0.15, 0.2) is 0 Å². The maximum atomic E-state index is 12.6. The van der Waals surface area contributed by atoms with Gasteiger partial charge < -0.3 is 20.1 Å². The van der Waals surface area contributed by atoms with Gasteiger partial charge in [0, 0.05) is 18.6 Å². The summed E-state index contributed by atoms with van der Waals surface area (Å²) in [5.41, 5.74) is 0. The molecule has 0 aliphatic carbocycles. The molecule has 3 fully saturated rings. The second-order valence-electron chi connectivity index (χ2n) is 5.76. The van der Waals surface area contributed by atoms with Crippen molar-refractivity contribution < 1.29 is 14.6 Å². The van der Waals surface area contributed by atoms with Crippen molar-refractivity contribution in [3.8, 4) is 0 Å². The first kappa shape index (κ1) is 15.0. The second kappa shape index (κ2) is 5.95. The smallest absolute Gasteiger partial charge is 0.242 e. The zero-order valence-corrected chi connectivity index (χ0v) is 12.1. The predicted octanol–water partition coefficient (Wildman–Crippen LogP) is 0.299. The van der Waals surface area contributed by atoms with Crippen molar-refractivity contribution in [1.82, 2.24) is 10.2 Å². The fourth-order valence-electron chi connectivity index (χ4n) is 3.68. The molecule has 3 saturated heterocycles. The minimum atomic E-state index is -0.223. The monoisotopic (exact) mass is 290 g/mol. The number of rotatable bonds is 1. The van der Waals surface area contributed by atoms with E-state index in [4.69, 9.17) is 4.74 Å². The molecule has 0 saturated carbocycles. The summed E-state index contributed by atoms with van der Waals surface area (Å²) in [6.45, 7) is 3.37. The van der Waals surface area contributed by atoms with Gasteiger partial charge in [0.05, 0.1) is 18.8 Å². The Hall–Kier alpha value is -0.360. The van der Waals surface area contributed by atoms with Crippen LogP contribution in [0.2, 0.25) is 0 Å². The number of aliphatic hydroxyl groups excluding tert-OH is 1. The molecule has 0 radical (unpaired) electrons. The number of amides is 1. The number of carbonyl (C=O) groups excluding carboxylic acids is 1. The number of piperidine rings is 1. The third-order valence-corrected chi connectivity index (χ3v) is 4.55. The van der Waals surface area contributed by atoms with Crippen LogP contribution in [-0.4, -0.2) is 59.4 Å². The molecule has 3 heterocycles. The Balaban J connectivity index is 0.00000133. The van der Waals surface area contributed by atoms with Crippen molar-refractivity contribution in [2.45, 2.75) is 62.9 Å². The van der Waals surface area contributed by atoms with Gasteiger partial charge in [0.1, 0.15) is 6.04 Å². The first-order chi connectivity index (χ1) is 8.66. The number of nitrogens with one attached hydrogen (secondary N) is 1. The Kier molecular flexibility index (Phi) is 4.71. The van der Waals surface area contributed by atoms with E-state index >= 15 is 0 Å². The molecule has 2 N–H and O–H groups in total. The van der Waals surface area contributed by atoms with E-state index in [1.54, 1.807) is 0 Å². The Morgan fingerprint density at radius 1 is 1.32 bits per heavy atom.